The Bertz CT molecular complexity index is 924. The van der Waals surface area contributed by atoms with Gasteiger partial charge in [-0.15, -0.1) is 0 Å². The molecule has 152 valence electrons. The number of aromatic nitrogens is 2. The van der Waals surface area contributed by atoms with Crippen LogP contribution in [0.25, 0.3) is 0 Å². The quantitative estimate of drug-likeness (QED) is 0.768. The number of Topliss-reactive ketones (excluding diaryl/α,β-unsaturated/α-hetero) is 1. The standard InChI is InChI=1S/C21H23ClN4O3/c1-25(2)21-23-11-14(12-24-21)20(28)26-7-5-13(6-8-26)19-10-17(27)16-9-15(22)3-4-18(16)29-19/h3-4,9,11-13,19H,5-8,10H2,1-2H3. The van der Waals surface area contributed by atoms with Gasteiger partial charge in [-0.1, -0.05) is 11.6 Å². The molecule has 0 saturated carbocycles. The molecule has 1 fully saturated rings. The molecule has 2 aromatic rings. The van der Waals surface area contributed by atoms with E-state index in [1.807, 2.05) is 19.0 Å². The zero-order valence-electron chi connectivity index (χ0n) is 16.5. The average molecular weight is 415 g/mol. The zero-order valence-corrected chi connectivity index (χ0v) is 17.2. The van der Waals surface area contributed by atoms with E-state index >= 15 is 0 Å². The number of halogens is 1. The number of amides is 1. The summed E-state index contributed by atoms with van der Waals surface area (Å²) < 4.78 is 6.11. The SMILES string of the molecule is CN(C)c1ncc(C(=O)N2CCC(C3CC(=O)c4cc(Cl)ccc4O3)CC2)cn1. The first-order valence-electron chi connectivity index (χ1n) is 9.70. The van der Waals surface area contributed by atoms with Crippen LogP contribution in [0.2, 0.25) is 5.02 Å². The number of anilines is 1. The van der Waals surface area contributed by atoms with E-state index in [-0.39, 0.29) is 23.7 Å². The van der Waals surface area contributed by atoms with Crippen molar-refractivity contribution >= 4 is 29.2 Å². The lowest BCUT2D eigenvalue weighted by atomic mass is 9.86. The van der Waals surface area contributed by atoms with E-state index in [1.165, 1.54) is 0 Å². The van der Waals surface area contributed by atoms with Crippen LogP contribution in [0.3, 0.4) is 0 Å². The number of likely N-dealkylation sites (tertiary alicyclic amines) is 1. The number of benzene rings is 1. The normalized spacial score (nSPS) is 19.5. The van der Waals surface area contributed by atoms with Crippen LogP contribution in [0.15, 0.2) is 30.6 Å². The smallest absolute Gasteiger partial charge is 0.256 e. The predicted octanol–water partition coefficient (Wildman–Crippen LogP) is 3.08. The van der Waals surface area contributed by atoms with E-state index in [1.54, 1.807) is 35.5 Å². The molecule has 1 aromatic heterocycles. The van der Waals surface area contributed by atoms with Crippen LogP contribution in [-0.4, -0.2) is 59.8 Å². The Morgan fingerprint density at radius 3 is 2.55 bits per heavy atom. The van der Waals surface area contributed by atoms with Crippen molar-refractivity contribution in [3.05, 3.63) is 46.7 Å². The summed E-state index contributed by atoms with van der Waals surface area (Å²) in [6.07, 6.45) is 4.93. The Labute approximate surface area is 174 Å². The van der Waals surface area contributed by atoms with Crippen LogP contribution in [-0.2, 0) is 0 Å². The van der Waals surface area contributed by atoms with E-state index < -0.39 is 0 Å². The highest BCUT2D eigenvalue weighted by atomic mass is 35.5. The minimum atomic E-state index is -0.156. The van der Waals surface area contributed by atoms with Crippen molar-refractivity contribution in [2.45, 2.75) is 25.4 Å². The molecule has 1 aromatic carbocycles. The molecular formula is C21H23ClN4O3. The maximum absolute atomic E-state index is 12.7. The van der Waals surface area contributed by atoms with Crippen LogP contribution < -0.4 is 9.64 Å². The van der Waals surface area contributed by atoms with Crippen LogP contribution in [0.4, 0.5) is 5.95 Å². The van der Waals surface area contributed by atoms with Gasteiger partial charge in [0.25, 0.3) is 5.91 Å². The second kappa shape index (κ2) is 7.99. The lowest BCUT2D eigenvalue weighted by Crippen LogP contribution is -2.44. The van der Waals surface area contributed by atoms with E-state index in [2.05, 4.69) is 9.97 Å². The second-order valence-electron chi connectivity index (χ2n) is 7.72. The van der Waals surface area contributed by atoms with Crippen molar-refractivity contribution < 1.29 is 14.3 Å². The number of hydrogen-bond donors (Lipinski definition) is 0. The highest BCUT2D eigenvalue weighted by Gasteiger charge is 2.35. The fourth-order valence-electron chi connectivity index (χ4n) is 3.90. The predicted molar refractivity (Wildman–Crippen MR) is 110 cm³/mol. The maximum atomic E-state index is 12.7. The van der Waals surface area contributed by atoms with Crippen molar-refractivity contribution in [1.82, 2.24) is 14.9 Å². The molecule has 8 heteroatoms. The molecule has 29 heavy (non-hydrogen) atoms. The lowest BCUT2D eigenvalue weighted by molar-refractivity contribution is 0.0452. The van der Waals surface area contributed by atoms with Crippen LogP contribution in [0.5, 0.6) is 5.75 Å². The molecule has 3 heterocycles. The number of ketones is 1. The molecule has 1 atom stereocenters. The van der Waals surface area contributed by atoms with Gasteiger partial charge < -0.3 is 14.5 Å². The summed E-state index contributed by atoms with van der Waals surface area (Å²) >= 11 is 5.99. The molecule has 7 nitrogen and oxygen atoms in total. The number of carbonyl (C=O) groups is 2. The summed E-state index contributed by atoms with van der Waals surface area (Å²) in [5, 5.41) is 0.536. The van der Waals surface area contributed by atoms with Gasteiger partial charge in [-0.05, 0) is 37.0 Å². The van der Waals surface area contributed by atoms with Gasteiger partial charge in [0, 0.05) is 51.0 Å². The van der Waals surface area contributed by atoms with Crippen LogP contribution in [0.1, 0.15) is 40.0 Å². The molecule has 1 saturated heterocycles. The van der Waals surface area contributed by atoms with E-state index in [9.17, 15) is 9.59 Å². The summed E-state index contributed by atoms with van der Waals surface area (Å²) in [5.74, 6) is 1.41. The summed E-state index contributed by atoms with van der Waals surface area (Å²) in [7, 11) is 3.71. The van der Waals surface area contributed by atoms with Gasteiger partial charge in [0.15, 0.2) is 5.78 Å². The Morgan fingerprint density at radius 1 is 1.21 bits per heavy atom. The Hall–Kier alpha value is -2.67. The third-order valence-corrected chi connectivity index (χ3v) is 5.78. The molecule has 0 spiro atoms. The molecule has 2 aliphatic heterocycles. The van der Waals surface area contributed by atoms with Crippen molar-refractivity contribution in [2.75, 3.05) is 32.1 Å². The molecule has 0 bridgehead atoms. The van der Waals surface area contributed by atoms with Gasteiger partial charge in [-0.3, -0.25) is 9.59 Å². The van der Waals surface area contributed by atoms with Gasteiger partial charge >= 0.3 is 0 Å². The largest absolute Gasteiger partial charge is 0.489 e. The number of nitrogens with zero attached hydrogens (tertiary/aromatic N) is 4. The van der Waals surface area contributed by atoms with Crippen molar-refractivity contribution in [3.63, 3.8) is 0 Å². The Balaban J connectivity index is 1.37. The third kappa shape index (κ3) is 4.05. The molecule has 1 amide bonds. The molecule has 1 unspecified atom stereocenters. The first-order valence-corrected chi connectivity index (χ1v) is 10.1. The van der Waals surface area contributed by atoms with E-state index in [0.29, 0.717) is 47.4 Å². The van der Waals surface area contributed by atoms with Gasteiger partial charge in [-0.25, -0.2) is 9.97 Å². The fourth-order valence-corrected chi connectivity index (χ4v) is 4.07. The highest BCUT2D eigenvalue weighted by Crippen LogP contribution is 2.35. The monoisotopic (exact) mass is 414 g/mol. The summed E-state index contributed by atoms with van der Waals surface area (Å²) in [5.41, 5.74) is 1.05. The fraction of sp³-hybridized carbons (Fsp3) is 0.429. The number of rotatable bonds is 3. The zero-order chi connectivity index (χ0) is 20.5. The third-order valence-electron chi connectivity index (χ3n) is 5.54. The number of hydrogen-bond acceptors (Lipinski definition) is 6. The van der Waals surface area contributed by atoms with Gasteiger partial charge in [0.1, 0.15) is 11.9 Å². The molecule has 4 rings (SSSR count). The second-order valence-corrected chi connectivity index (χ2v) is 8.16. The Kier molecular flexibility index (Phi) is 5.41. The minimum absolute atomic E-state index is 0.0608. The molecule has 0 N–H and O–H groups in total. The van der Waals surface area contributed by atoms with Crippen LogP contribution in [0, 0.1) is 5.92 Å². The van der Waals surface area contributed by atoms with Crippen LogP contribution >= 0.6 is 11.6 Å². The molecular weight excluding hydrogens is 392 g/mol. The number of carbonyl (C=O) groups excluding carboxylic acids is 2. The topological polar surface area (TPSA) is 75.6 Å². The summed E-state index contributed by atoms with van der Waals surface area (Å²) in [6, 6.07) is 5.17. The summed E-state index contributed by atoms with van der Waals surface area (Å²) in [4.78, 5) is 37.3. The molecule has 0 radical (unpaired) electrons. The lowest BCUT2D eigenvalue weighted by Gasteiger charge is -2.37. The first-order chi connectivity index (χ1) is 13.9. The van der Waals surface area contributed by atoms with Crippen molar-refractivity contribution in [2.24, 2.45) is 5.92 Å². The molecule has 0 aliphatic carbocycles. The van der Waals surface area contributed by atoms with Crippen molar-refractivity contribution in [1.29, 1.82) is 0 Å². The van der Waals surface area contributed by atoms with Gasteiger partial charge in [-0.2, -0.15) is 0 Å². The van der Waals surface area contributed by atoms with Gasteiger partial charge in [0.05, 0.1) is 11.1 Å². The van der Waals surface area contributed by atoms with E-state index in [4.69, 9.17) is 16.3 Å². The Morgan fingerprint density at radius 2 is 1.90 bits per heavy atom. The van der Waals surface area contributed by atoms with Crippen molar-refractivity contribution in [3.8, 4) is 5.75 Å². The average Bonchev–Trinajstić information content (AvgIpc) is 2.74. The molecule has 2 aliphatic rings. The first kappa shape index (κ1) is 19.6. The van der Waals surface area contributed by atoms with E-state index in [0.717, 1.165) is 12.8 Å². The number of ether oxygens (including phenoxy) is 1. The number of fused-ring (bicyclic) bond motifs is 1. The number of piperidine rings is 1. The minimum Gasteiger partial charge on any atom is -0.489 e. The highest BCUT2D eigenvalue weighted by molar-refractivity contribution is 6.31. The maximum Gasteiger partial charge on any atom is 0.256 e. The van der Waals surface area contributed by atoms with Gasteiger partial charge in [0.2, 0.25) is 5.95 Å². The summed E-state index contributed by atoms with van der Waals surface area (Å²) in [6.45, 7) is 1.25.